The molecule has 1 heterocycles. The fraction of sp³-hybridized carbons (Fsp3) is 0.569. The predicted octanol–water partition coefficient (Wildman–Crippen LogP) is 4.60. The van der Waals surface area contributed by atoms with Crippen LogP contribution < -0.4 is 31.9 Å². The molecule has 1 saturated heterocycles. The minimum atomic E-state index is -1.50. The van der Waals surface area contributed by atoms with Gasteiger partial charge in [0.1, 0.15) is 46.5 Å². The first kappa shape index (κ1) is 57.5. The highest BCUT2D eigenvalue weighted by Gasteiger charge is 2.46. The van der Waals surface area contributed by atoms with Crippen LogP contribution in [-0.4, -0.2) is 126 Å². The van der Waals surface area contributed by atoms with E-state index >= 15 is 0 Å². The van der Waals surface area contributed by atoms with Crippen molar-refractivity contribution < 1.29 is 57.3 Å². The molecule has 1 aliphatic rings. The van der Waals surface area contributed by atoms with Crippen LogP contribution in [0.4, 0.5) is 14.4 Å². The summed E-state index contributed by atoms with van der Waals surface area (Å²) in [7, 11) is 1.19. The molecule has 19 nitrogen and oxygen atoms in total. The number of esters is 1. The van der Waals surface area contributed by atoms with Gasteiger partial charge >= 0.3 is 24.2 Å². The van der Waals surface area contributed by atoms with Gasteiger partial charge in [0, 0.05) is 38.9 Å². The third-order valence-electron chi connectivity index (χ3n) is 10.6. The van der Waals surface area contributed by atoms with Gasteiger partial charge in [0.15, 0.2) is 0 Å². The molecule has 2 aromatic carbocycles. The number of unbranched alkanes of at least 4 members (excludes halogenated alkanes) is 1. The monoisotopic (exact) mass is 976 g/mol. The lowest BCUT2D eigenvalue weighted by Crippen LogP contribution is -2.63. The highest BCUT2D eigenvalue weighted by atomic mass is 16.6. The molecule has 0 aliphatic carbocycles. The van der Waals surface area contributed by atoms with E-state index in [2.05, 4.69) is 37.8 Å². The van der Waals surface area contributed by atoms with Gasteiger partial charge in [-0.25, -0.2) is 19.2 Å². The van der Waals surface area contributed by atoms with E-state index in [1.54, 1.807) is 117 Å². The molecule has 4 atom stereocenters. The number of piperidine rings is 1. The second kappa shape index (κ2) is 26.2. The van der Waals surface area contributed by atoms with Crippen LogP contribution in [0.2, 0.25) is 0 Å². The zero-order valence-corrected chi connectivity index (χ0v) is 42.3. The topological polar surface area (TPSA) is 249 Å². The number of terminal acetylenes is 1. The molecule has 0 saturated carbocycles. The first-order valence-electron chi connectivity index (χ1n) is 23.5. The summed E-state index contributed by atoms with van der Waals surface area (Å²) >= 11 is 0. The Labute approximate surface area is 412 Å². The summed E-state index contributed by atoms with van der Waals surface area (Å²) in [5.74, 6) is -1.07. The van der Waals surface area contributed by atoms with Crippen molar-refractivity contribution in [3.63, 3.8) is 0 Å². The third-order valence-corrected chi connectivity index (χ3v) is 10.6. The Hall–Kier alpha value is -6.84. The number of benzene rings is 2. The molecule has 0 aromatic heterocycles. The second-order valence-corrected chi connectivity index (χ2v) is 20.1. The Balaban J connectivity index is 1.89. The number of alkyl carbamates (subject to hydrolysis) is 3. The van der Waals surface area contributed by atoms with Gasteiger partial charge in [-0.3, -0.25) is 19.2 Å². The number of nitrogens with zero attached hydrogens (tertiary/aromatic N) is 1. The van der Waals surface area contributed by atoms with Crippen molar-refractivity contribution in [3.8, 4) is 12.3 Å². The molecule has 1 fully saturated rings. The van der Waals surface area contributed by atoms with Crippen LogP contribution in [0.15, 0.2) is 60.7 Å². The summed E-state index contributed by atoms with van der Waals surface area (Å²) in [6.07, 6.45) is 3.94. The molecule has 2 aromatic rings. The number of amides is 7. The van der Waals surface area contributed by atoms with Crippen LogP contribution in [-0.2, 0) is 55.8 Å². The molecule has 7 amide bonds. The summed E-state index contributed by atoms with van der Waals surface area (Å²) in [6, 6.07) is 12.8. The predicted molar refractivity (Wildman–Crippen MR) is 261 cm³/mol. The Kier molecular flexibility index (Phi) is 21.5. The summed E-state index contributed by atoms with van der Waals surface area (Å²) < 4.78 is 21.2. The van der Waals surface area contributed by atoms with Gasteiger partial charge in [0.25, 0.3) is 0 Å². The number of hydrogen-bond donors (Lipinski definition) is 6. The van der Waals surface area contributed by atoms with Crippen molar-refractivity contribution in [3.05, 3.63) is 71.8 Å². The van der Waals surface area contributed by atoms with E-state index in [0.29, 0.717) is 18.4 Å². The van der Waals surface area contributed by atoms with Crippen molar-refractivity contribution in [2.75, 3.05) is 26.7 Å². The minimum absolute atomic E-state index is 0.0173. The van der Waals surface area contributed by atoms with Gasteiger partial charge < -0.3 is 55.7 Å². The van der Waals surface area contributed by atoms with Crippen molar-refractivity contribution in [2.45, 2.75) is 160 Å². The molecule has 70 heavy (non-hydrogen) atoms. The van der Waals surface area contributed by atoms with Crippen LogP contribution in [0.5, 0.6) is 0 Å². The lowest BCUT2D eigenvalue weighted by atomic mass is 9.87. The maximum absolute atomic E-state index is 14.4. The molecular weight excluding hydrogens is 903 g/mol. The zero-order chi connectivity index (χ0) is 52.3. The summed E-state index contributed by atoms with van der Waals surface area (Å²) in [5.41, 5.74) is -2.54. The molecule has 384 valence electrons. The standard InChI is InChI=1S/C51H73N7O12/c1-12-21-36(53-41(60)38(32-34-22-15-13-16-23-34)55-42(61)39(33-35-24-17-14-18-25-35)56-46(65)69-49(5,6)7)40(59)54-37(26-19-20-29-52-45(64)68-48(2,3)4)43(62)58-30-27-51(28-31-58,44(63)67-11)57-47(66)70-50(8,9)10/h1,13-18,22-25,36-39H,19-21,26-33H2,2-11H3,(H,52,64)(H,53,60)(H,54,59)(H,55,61)(H,56,65)(H,57,66)/t36-,37-,38-,39-/m1/s1. The van der Waals surface area contributed by atoms with E-state index in [-0.39, 0.29) is 58.2 Å². The van der Waals surface area contributed by atoms with Crippen LogP contribution >= 0.6 is 0 Å². The second-order valence-electron chi connectivity index (χ2n) is 20.1. The number of nitrogens with one attached hydrogen (secondary N) is 6. The van der Waals surface area contributed by atoms with Crippen molar-refractivity contribution in [1.29, 1.82) is 0 Å². The van der Waals surface area contributed by atoms with Crippen LogP contribution in [0.3, 0.4) is 0 Å². The maximum atomic E-state index is 14.4. The van der Waals surface area contributed by atoms with Crippen molar-refractivity contribution in [1.82, 2.24) is 36.8 Å². The van der Waals surface area contributed by atoms with E-state index in [4.69, 9.17) is 25.4 Å². The van der Waals surface area contributed by atoms with Gasteiger partial charge in [-0.2, -0.15) is 0 Å². The Bertz CT molecular complexity index is 2130. The number of ether oxygens (including phenoxy) is 4. The number of rotatable bonds is 20. The first-order chi connectivity index (χ1) is 32.7. The smallest absolute Gasteiger partial charge is 0.408 e. The molecule has 0 spiro atoms. The highest BCUT2D eigenvalue weighted by Crippen LogP contribution is 2.26. The Morgan fingerprint density at radius 1 is 0.614 bits per heavy atom. The quantitative estimate of drug-likeness (QED) is 0.0462. The average Bonchev–Trinajstić information content (AvgIpc) is 3.26. The zero-order valence-electron chi connectivity index (χ0n) is 42.3. The SMILES string of the molecule is C#CC[C@@H](NC(=O)[C@@H](Cc1ccccc1)NC(=O)[C@@H](Cc1ccccc1)NC(=O)OC(C)(C)C)C(=O)N[C@H](CCCCNC(=O)OC(C)(C)C)C(=O)N1CCC(NC(=O)OC(C)(C)C)(C(=O)OC)CC1. The van der Waals surface area contributed by atoms with Gasteiger partial charge in [0.05, 0.1) is 7.11 Å². The van der Waals surface area contributed by atoms with Crippen LogP contribution in [0.1, 0.15) is 112 Å². The number of carbonyl (C=O) groups excluding carboxylic acids is 8. The molecule has 0 bridgehead atoms. The van der Waals surface area contributed by atoms with Crippen molar-refractivity contribution in [2.24, 2.45) is 0 Å². The minimum Gasteiger partial charge on any atom is -0.467 e. The van der Waals surface area contributed by atoms with Gasteiger partial charge in [-0.1, -0.05) is 60.7 Å². The van der Waals surface area contributed by atoms with E-state index < -0.39 is 94.4 Å². The third kappa shape index (κ3) is 20.4. The summed E-state index contributed by atoms with van der Waals surface area (Å²) in [5, 5.41) is 16.2. The average molecular weight is 976 g/mol. The number of carbonyl (C=O) groups is 8. The van der Waals surface area contributed by atoms with E-state index in [1.165, 1.54) is 12.0 Å². The molecule has 3 rings (SSSR count). The fourth-order valence-corrected chi connectivity index (χ4v) is 7.35. The van der Waals surface area contributed by atoms with Crippen LogP contribution in [0.25, 0.3) is 0 Å². The van der Waals surface area contributed by atoms with E-state index in [0.717, 1.165) is 5.56 Å². The normalized spacial score (nSPS) is 15.2. The number of methoxy groups -OCH3 is 1. The first-order valence-corrected chi connectivity index (χ1v) is 23.5. The molecule has 19 heteroatoms. The molecule has 0 unspecified atom stereocenters. The fourth-order valence-electron chi connectivity index (χ4n) is 7.35. The summed E-state index contributed by atoms with van der Waals surface area (Å²) in [6.45, 7) is 15.5. The van der Waals surface area contributed by atoms with E-state index in [1.807, 2.05) is 6.07 Å². The molecule has 0 radical (unpaired) electrons. The number of likely N-dealkylation sites (tertiary alicyclic amines) is 1. The molecule has 6 N–H and O–H groups in total. The van der Waals surface area contributed by atoms with Gasteiger partial charge in [-0.15, -0.1) is 12.3 Å². The van der Waals surface area contributed by atoms with E-state index in [9.17, 15) is 38.4 Å². The van der Waals surface area contributed by atoms with Crippen molar-refractivity contribution >= 4 is 47.9 Å². The lowest BCUT2D eigenvalue weighted by Gasteiger charge is -2.41. The highest BCUT2D eigenvalue weighted by molar-refractivity contribution is 5.96. The molecular formula is C51H73N7O12. The Morgan fingerprint density at radius 3 is 1.54 bits per heavy atom. The van der Waals surface area contributed by atoms with Gasteiger partial charge in [0.2, 0.25) is 23.6 Å². The largest absolute Gasteiger partial charge is 0.467 e. The maximum Gasteiger partial charge on any atom is 0.408 e. The Morgan fingerprint density at radius 2 is 1.06 bits per heavy atom. The van der Waals surface area contributed by atoms with Crippen LogP contribution in [0, 0.1) is 12.3 Å². The van der Waals surface area contributed by atoms with Gasteiger partial charge in [-0.05, 0) is 106 Å². The lowest BCUT2D eigenvalue weighted by molar-refractivity contribution is -0.153. The summed E-state index contributed by atoms with van der Waals surface area (Å²) in [4.78, 5) is 110. The molecule has 1 aliphatic heterocycles. The number of hydrogen-bond acceptors (Lipinski definition) is 12.